The van der Waals surface area contributed by atoms with Crippen LogP contribution in [0.2, 0.25) is 0 Å². The maximum Gasteiger partial charge on any atom is 0.123 e. The van der Waals surface area contributed by atoms with Crippen LogP contribution >= 0.6 is 19.7 Å². The smallest absolute Gasteiger partial charge is 0.123 e. The summed E-state index contributed by atoms with van der Waals surface area (Å²) in [6, 6.07) is 39.2. The Balaban J connectivity index is 0.00000225. The van der Waals surface area contributed by atoms with E-state index in [1.54, 1.807) is 12.1 Å². The Kier molecular flexibility index (Phi) is 6.62. The van der Waals surface area contributed by atoms with E-state index in [1.165, 1.54) is 15.9 Å². The zero-order valence-electron chi connectivity index (χ0n) is 15.4. The Hall–Kier alpha value is -2.47. The van der Waals surface area contributed by atoms with Crippen LogP contribution in [0.5, 0.6) is 0 Å². The van der Waals surface area contributed by atoms with E-state index in [2.05, 4.69) is 91.0 Å². The summed E-state index contributed by atoms with van der Waals surface area (Å²) in [7, 11) is -1.91. The lowest BCUT2D eigenvalue weighted by atomic mass is 10.2. The van der Waals surface area contributed by atoms with Crippen molar-refractivity contribution in [3.8, 4) is 0 Å². The van der Waals surface area contributed by atoms with Crippen LogP contribution in [0.1, 0.15) is 5.56 Å². The Morgan fingerprint density at radius 1 is 0.500 bits per heavy atom. The van der Waals surface area contributed by atoms with Crippen LogP contribution in [0.15, 0.2) is 115 Å². The molecule has 0 saturated heterocycles. The van der Waals surface area contributed by atoms with Crippen LogP contribution < -0.4 is 15.9 Å². The Morgan fingerprint density at radius 2 is 0.857 bits per heavy atom. The average Bonchev–Trinajstić information content (AvgIpc) is 2.75. The van der Waals surface area contributed by atoms with Gasteiger partial charge in [0.05, 0.1) is 6.16 Å². The fraction of sp³-hybridized carbons (Fsp3) is 0.0400. The fourth-order valence-electron chi connectivity index (χ4n) is 3.63. The molecule has 4 aromatic rings. The Morgan fingerprint density at radius 3 is 1.21 bits per heavy atom. The molecule has 0 heterocycles. The summed E-state index contributed by atoms with van der Waals surface area (Å²) in [5.74, 6) is -0.193. The van der Waals surface area contributed by atoms with Gasteiger partial charge in [-0.3, -0.25) is 0 Å². The molecule has 140 valence electrons. The highest BCUT2D eigenvalue weighted by atomic mass is 35.5. The molecular weight excluding hydrogens is 386 g/mol. The van der Waals surface area contributed by atoms with E-state index in [1.807, 2.05) is 12.1 Å². The second-order valence-electron chi connectivity index (χ2n) is 6.60. The van der Waals surface area contributed by atoms with E-state index in [9.17, 15) is 4.39 Å². The van der Waals surface area contributed by atoms with Crippen molar-refractivity contribution < 1.29 is 4.39 Å². The molecule has 0 atom stereocenters. The van der Waals surface area contributed by atoms with Crippen molar-refractivity contribution in [3.05, 3.63) is 127 Å². The monoisotopic (exact) mass is 407 g/mol. The van der Waals surface area contributed by atoms with E-state index >= 15 is 0 Å². The minimum Gasteiger partial charge on any atom is -0.207 e. The summed E-state index contributed by atoms with van der Waals surface area (Å²) in [5.41, 5.74) is 1.15. The van der Waals surface area contributed by atoms with Gasteiger partial charge in [-0.1, -0.05) is 66.7 Å². The fourth-order valence-corrected chi connectivity index (χ4v) is 7.88. The van der Waals surface area contributed by atoms with Gasteiger partial charge >= 0.3 is 0 Å². The minimum atomic E-state index is -1.91. The first-order chi connectivity index (χ1) is 13.3. The standard InChI is InChI=1S/C25H21FP.ClH/c26-22-18-16-21(17-19-22)20-27(23-10-4-1-5-11-23,24-12-6-2-7-13-24)25-14-8-3-9-15-25;/h1-19H,20H2;1H/q+1;. The largest absolute Gasteiger partial charge is 0.207 e. The van der Waals surface area contributed by atoms with Crippen molar-refractivity contribution in [2.45, 2.75) is 6.16 Å². The molecule has 0 N–H and O–H groups in total. The zero-order valence-corrected chi connectivity index (χ0v) is 17.1. The van der Waals surface area contributed by atoms with Gasteiger partial charge in [-0.2, -0.15) is 0 Å². The highest BCUT2D eigenvalue weighted by Gasteiger charge is 2.45. The molecule has 0 bridgehead atoms. The highest BCUT2D eigenvalue weighted by Crippen LogP contribution is 2.58. The van der Waals surface area contributed by atoms with Gasteiger partial charge in [0.25, 0.3) is 0 Å². The van der Waals surface area contributed by atoms with Crippen LogP contribution in [0.4, 0.5) is 4.39 Å². The van der Waals surface area contributed by atoms with Crippen molar-refractivity contribution in [3.63, 3.8) is 0 Å². The molecule has 0 fully saturated rings. The molecule has 0 nitrogen and oxygen atoms in total. The van der Waals surface area contributed by atoms with Gasteiger partial charge in [0.15, 0.2) is 0 Å². The molecule has 0 unspecified atom stereocenters. The summed E-state index contributed by atoms with van der Waals surface area (Å²) >= 11 is 0. The first kappa shape index (κ1) is 20.3. The number of benzene rings is 4. The van der Waals surface area contributed by atoms with E-state index in [-0.39, 0.29) is 18.2 Å². The van der Waals surface area contributed by atoms with Crippen molar-refractivity contribution >= 4 is 35.6 Å². The molecule has 0 saturated carbocycles. The van der Waals surface area contributed by atoms with Crippen molar-refractivity contribution in [2.24, 2.45) is 0 Å². The lowest BCUT2D eigenvalue weighted by Gasteiger charge is -2.27. The summed E-state index contributed by atoms with van der Waals surface area (Å²) in [6.45, 7) is 0. The van der Waals surface area contributed by atoms with Gasteiger partial charge in [0.2, 0.25) is 0 Å². The topological polar surface area (TPSA) is 0 Å². The van der Waals surface area contributed by atoms with Gasteiger partial charge in [-0.05, 0) is 54.1 Å². The maximum absolute atomic E-state index is 13.5. The van der Waals surface area contributed by atoms with E-state index < -0.39 is 7.26 Å². The van der Waals surface area contributed by atoms with E-state index in [0.29, 0.717) is 0 Å². The second-order valence-corrected chi connectivity index (χ2v) is 10.1. The Labute approximate surface area is 172 Å². The second kappa shape index (κ2) is 9.15. The zero-order chi connectivity index (χ0) is 18.5. The van der Waals surface area contributed by atoms with Gasteiger partial charge in [0.1, 0.15) is 29.0 Å². The molecule has 4 rings (SSSR count). The third-order valence-electron chi connectivity index (χ3n) is 4.92. The van der Waals surface area contributed by atoms with Crippen LogP contribution in [-0.2, 0) is 6.16 Å². The van der Waals surface area contributed by atoms with Crippen LogP contribution in [0.3, 0.4) is 0 Å². The quantitative estimate of drug-likeness (QED) is 0.370. The van der Waals surface area contributed by atoms with Gasteiger partial charge < -0.3 is 0 Å². The normalized spacial score (nSPS) is 10.9. The summed E-state index contributed by atoms with van der Waals surface area (Å²) < 4.78 is 13.5. The van der Waals surface area contributed by atoms with Gasteiger partial charge in [-0.25, -0.2) is 4.39 Å². The SMILES string of the molecule is Cl.Fc1ccc(C[P+](c2ccccc2)(c2ccccc2)c2ccccc2)cc1. The van der Waals surface area contributed by atoms with Crippen LogP contribution in [-0.4, -0.2) is 0 Å². The molecule has 0 aliphatic carbocycles. The lowest BCUT2D eigenvalue weighted by molar-refractivity contribution is 0.627. The van der Waals surface area contributed by atoms with E-state index in [4.69, 9.17) is 0 Å². The average molecular weight is 408 g/mol. The molecule has 0 radical (unpaired) electrons. The number of hydrogen-bond acceptors (Lipinski definition) is 0. The number of hydrogen-bond donors (Lipinski definition) is 0. The third kappa shape index (κ3) is 4.02. The maximum atomic E-state index is 13.5. The molecule has 28 heavy (non-hydrogen) atoms. The lowest BCUT2D eigenvalue weighted by Crippen LogP contribution is -2.32. The molecule has 0 aliphatic rings. The first-order valence-electron chi connectivity index (χ1n) is 9.08. The van der Waals surface area contributed by atoms with Crippen molar-refractivity contribution in [1.82, 2.24) is 0 Å². The molecule has 0 amide bonds. The molecule has 3 heteroatoms. The molecule has 0 spiro atoms. The molecule has 4 aromatic carbocycles. The molecule has 0 aliphatic heterocycles. The van der Waals surface area contributed by atoms with Crippen LogP contribution in [0.25, 0.3) is 0 Å². The van der Waals surface area contributed by atoms with E-state index in [0.717, 1.165) is 11.7 Å². The first-order valence-corrected chi connectivity index (χ1v) is 11.1. The van der Waals surface area contributed by atoms with Gasteiger partial charge in [-0.15, -0.1) is 12.4 Å². The number of rotatable bonds is 5. The summed E-state index contributed by atoms with van der Waals surface area (Å²) in [6.07, 6.45) is 0.866. The van der Waals surface area contributed by atoms with Gasteiger partial charge in [0, 0.05) is 0 Å². The van der Waals surface area contributed by atoms with Crippen LogP contribution in [0, 0.1) is 5.82 Å². The predicted molar refractivity (Wildman–Crippen MR) is 122 cm³/mol. The Bertz CT molecular complexity index is 890. The summed E-state index contributed by atoms with van der Waals surface area (Å²) in [5, 5.41) is 4.02. The van der Waals surface area contributed by atoms with Crippen molar-refractivity contribution in [1.29, 1.82) is 0 Å². The number of halogens is 2. The predicted octanol–water partition coefficient (Wildman–Crippen LogP) is 5.74. The summed E-state index contributed by atoms with van der Waals surface area (Å²) in [4.78, 5) is 0. The highest BCUT2D eigenvalue weighted by molar-refractivity contribution is 7.95. The van der Waals surface area contributed by atoms with Crippen molar-refractivity contribution in [2.75, 3.05) is 0 Å². The molecular formula is C25H22ClFP+. The molecule has 0 aromatic heterocycles. The third-order valence-corrected chi connectivity index (χ3v) is 9.30. The minimum absolute atomic E-state index is 0.